The van der Waals surface area contributed by atoms with Gasteiger partial charge in [-0.2, -0.15) is 10.4 Å². The van der Waals surface area contributed by atoms with Gasteiger partial charge in [-0.1, -0.05) is 53.7 Å². The number of hydrogen-bond acceptors (Lipinski definition) is 3. The van der Waals surface area contributed by atoms with E-state index in [4.69, 9.17) is 5.26 Å². The van der Waals surface area contributed by atoms with Gasteiger partial charge in [0.1, 0.15) is 0 Å². The first-order valence-corrected chi connectivity index (χ1v) is 8.44. The summed E-state index contributed by atoms with van der Waals surface area (Å²) in [6.45, 7) is 18.1. The number of aromatic nitrogens is 2. The number of nitrogens with zero attached hydrogens (tertiary/aromatic N) is 3. The third-order valence-corrected chi connectivity index (χ3v) is 3.05. The topological polar surface area (TPSA) is 49.6 Å². The first-order chi connectivity index (χ1) is 11.1. The molecular formula is C20H31N3. The maximum atomic E-state index is 8.76. The lowest BCUT2D eigenvalue weighted by atomic mass is 10.0. The summed E-state index contributed by atoms with van der Waals surface area (Å²) >= 11 is 0. The van der Waals surface area contributed by atoms with Crippen LogP contribution >= 0.6 is 0 Å². The summed E-state index contributed by atoms with van der Waals surface area (Å²) in [6.07, 6.45) is 0. The average molecular weight is 313 g/mol. The summed E-state index contributed by atoms with van der Waals surface area (Å²) < 4.78 is 0. The van der Waals surface area contributed by atoms with Crippen molar-refractivity contribution in [3.63, 3.8) is 0 Å². The molecule has 1 aromatic heterocycles. The van der Waals surface area contributed by atoms with Gasteiger partial charge in [0.05, 0.1) is 23.0 Å². The highest BCUT2D eigenvalue weighted by molar-refractivity contribution is 5.64. The van der Waals surface area contributed by atoms with Crippen molar-refractivity contribution in [1.82, 2.24) is 10.2 Å². The first-order valence-electron chi connectivity index (χ1n) is 8.44. The fraction of sp³-hybridized carbons (Fsp3) is 0.450. The van der Waals surface area contributed by atoms with Crippen molar-refractivity contribution in [2.24, 2.45) is 0 Å². The Balaban J connectivity index is 0. The average Bonchev–Trinajstić information content (AvgIpc) is 2.65. The summed E-state index contributed by atoms with van der Waals surface area (Å²) in [6, 6.07) is 9.51. The highest BCUT2D eigenvalue weighted by Crippen LogP contribution is 2.23. The Morgan fingerprint density at radius 3 is 1.65 bits per heavy atom. The summed E-state index contributed by atoms with van der Waals surface area (Å²) in [7, 11) is 0. The molecule has 2 rings (SSSR count). The van der Waals surface area contributed by atoms with E-state index in [2.05, 4.69) is 16.3 Å². The molecule has 0 aliphatic heterocycles. The lowest BCUT2D eigenvalue weighted by Gasteiger charge is -2.08. The minimum Gasteiger partial charge on any atom is -0.192 e. The molecule has 0 unspecified atom stereocenters. The predicted octanol–water partition coefficient (Wildman–Crippen LogP) is 6.02. The summed E-state index contributed by atoms with van der Waals surface area (Å²) in [5, 5.41) is 17.1. The Labute approximate surface area is 142 Å². The van der Waals surface area contributed by atoms with E-state index in [9.17, 15) is 0 Å². The predicted molar refractivity (Wildman–Crippen MR) is 100 cm³/mol. The third-order valence-electron chi connectivity index (χ3n) is 3.05. The zero-order chi connectivity index (χ0) is 18.4. The fourth-order valence-corrected chi connectivity index (χ4v) is 1.70. The Kier molecular flexibility index (Phi) is 13.5. The Morgan fingerprint density at radius 1 is 0.739 bits per heavy atom. The normalized spacial score (nSPS) is 8.17. The minimum absolute atomic E-state index is 0.656. The van der Waals surface area contributed by atoms with Crippen molar-refractivity contribution in [2.45, 2.75) is 62.3 Å². The highest BCUT2D eigenvalue weighted by atomic mass is 15.1. The maximum absolute atomic E-state index is 8.76. The van der Waals surface area contributed by atoms with Crippen LogP contribution in [0.3, 0.4) is 0 Å². The van der Waals surface area contributed by atoms with Gasteiger partial charge in [0.2, 0.25) is 0 Å². The van der Waals surface area contributed by atoms with Crippen LogP contribution in [0.1, 0.15) is 63.9 Å². The molecule has 1 aromatic carbocycles. The largest absolute Gasteiger partial charge is 0.192 e. The molecule has 0 fully saturated rings. The lowest BCUT2D eigenvalue weighted by Crippen LogP contribution is -1.98. The molecule has 0 atom stereocenters. The van der Waals surface area contributed by atoms with E-state index < -0.39 is 0 Å². The molecule has 3 nitrogen and oxygen atoms in total. The van der Waals surface area contributed by atoms with Crippen LogP contribution in [0, 0.1) is 32.1 Å². The molecule has 0 saturated carbocycles. The standard InChI is InChI=1S/C14H13N3.3C2H6/c1-9-10(2)14(17-16-11(9)3)13-6-4-12(8-15)5-7-13;3*1-2/h4-7H,1-3H3;3*1-2H3. The monoisotopic (exact) mass is 313 g/mol. The van der Waals surface area contributed by atoms with Crippen LogP contribution in [0.4, 0.5) is 0 Å². The van der Waals surface area contributed by atoms with Crippen molar-refractivity contribution < 1.29 is 0 Å². The van der Waals surface area contributed by atoms with Gasteiger partial charge in [0.15, 0.2) is 0 Å². The van der Waals surface area contributed by atoms with Crippen LogP contribution in [0.15, 0.2) is 24.3 Å². The maximum Gasteiger partial charge on any atom is 0.0991 e. The molecule has 0 amide bonds. The van der Waals surface area contributed by atoms with E-state index in [1.54, 1.807) is 12.1 Å². The molecule has 23 heavy (non-hydrogen) atoms. The number of hydrogen-bond donors (Lipinski definition) is 0. The van der Waals surface area contributed by atoms with Crippen LogP contribution in [-0.4, -0.2) is 10.2 Å². The first kappa shape index (κ1) is 23.1. The molecule has 2 aromatic rings. The van der Waals surface area contributed by atoms with E-state index in [1.165, 1.54) is 5.56 Å². The molecule has 0 radical (unpaired) electrons. The van der Waals surface area contributed by atoms with Crippen LogP contribution in [-0.2, 0) is 0 Å². The molecule has 0 N–H and O–H groups in total. The molecule has 0 aliphatic carbocycles. The zero-order valence-electron chi connectivity index (χ0n) is 16.2. The molecule has 3 heteroatoms. The summed E-state index contributed by atoms with van der Waals surface area (Å²) in [5.41, 5.74) is 5.80. The van der Waals surface area contributed by atoms with Gasteiger partial charge in [-0.25, -0.2) is 0 Å². The second-order valence-corrected chi connectivity index (χ2v) is 4.07. The summed E-state index contributed by atoms with van der Waals surface area (Å²) in [4.78, 5) is 0. The number of rotatable bonds is 1. The van der Waals surface area contributed by atoms with Crippen molar-refractivity contribution in [3.05, 3.63) is 46.6 Å². The molecule has 0 aliphatic rings. The van der Waals surface area contributed by atoms with Crippen molar-refractivity contribution in [1.29, 1.82) is 5.26 Å². The zero-order valence-corrected chi connectivity index (χ0v) is 16.2. The van der Waals surface area contributed by atoms with Gasteiger partial charge in [-0.15, -0.1) is 5.10 Å². The van der Waals surface area contributed by atoms with E-state index in [0.717, 1.165) is 22.5 Å². The van der Waals surface area contributed by atoms with Gasteiger partial charge in [0, 0.05) is 5.56 Å². The minimum atomic E-state index is 0.656. The molecule has 0 bridgehead atoms. The van der Waals surface area contributed by atoms with Gasteiger partial charge < -0.3 is 0 Å². The number of aryl methyl sites for hydroxylation is 1. The number of benzene rings is 1. The fourth-order valence-electron chi connectivity index (χ4n) is 1.70. The number of nitriles is 1. The van der Waals surface area contributed by atoms with Crippen molar-refractivity contribution in [2.75, 3.05) is 0 Å². The smallest absolute Gasteiger partial charge is 0.0991 e. The van der Waals surface area contributed by atoms with E-state index in [1.807, 2.05) is 74.4 Å². The quantitative estimate of drug-likeness (QED) is 0.647. The summed E-state index contributed by atoms with van der Waals surface area (Å²) in [5.74, 6) is 0. The third kappa shape index (κ3) is 6.61. The molecule has 0 saturated heterocycles. The Bertz CT molecular complexity index is 594. The van der Waals surface area contributed by atoms with Gasteiger partial charge in [-0.05, 0) is 44.0 Å². The van der Waals surface area contributed by atoms with Crippen molar-refractivity contribution >= 4 is 0 Å². The van der Waals surface area contributed by atoms with Gasteiger partial charge in [0.25, 0.3) is 0 Å². The van der Waals surface area contributed by atoms with Crippen LogP contribution < -0.4 is 0 Å². The molecule has 126 valence electrons. The Hall–Kier alpha value is -2.21. The van der Waals surface area contributed by atoms with Crippen LogP contribution in [0.25, 0.3) is 11.3 Å². The second kappa shape index (κ2) is 13.5. The molecule has 0 spiro atoms. The van der Waals surface area contributed by atoms with Crippen LogP contribution in [0.2, 0.25) is 0 Å². The van der Waals surface area contributed by atoms with E-state index >= 15 is 0 Å². The molecular weight excluding hydrogens is 282 g/mol. The van der Waals surface area contributed by atoms with E-state index in [-0.39, 0.29) is 0 Å². The van der Waals surface area contributed by atoms with E-state index in [0.29, 0.717) is 5.56 Å². The SMILES string of the molecule is CC.CC.CC.Cc1nnc(-c2ccc(C#N)cc2)c(C)c1C. The van der Waals surface area contributed by atoms with Gasteiger partial charge >= 0.3 is 0 Å². The van der Waals surface area contributed by atoms with Crippen molar-refractivity contribution in [3.8, 4) is 17.3 Å². The molecule has 1 heterocycles. The van der Waals surface area contributed by atoms with Gasteiger partial charge in [-0.3, -0.25) is 0 Å². The van der Waals surface area contributed by atoms with Crippen LogP contribution in [0.5, 0.6) is 0 Å². The Morgan fingerprint density at radius 2 is 1.22 bits per heavy atom. The second-order valence-electron chi connectivity index (χ2n) is 4.07. The highest BCUT2D eigenvalue weighted by Gasteiger charge is 2.08. The lowest BCUT2D eigenvalue weighted by molar-refractivity contribution is 0.952.